The highest BCUT2D eigenvalue weighted by molar-refractivity contribution is 7.96. The number of halogens is 1. The lowest BCUT2D eigenvalue weighted by Crippen LogP contribution is -2.23. The molecule has 0 radical (unpaired) electrons. The minimum atomic E-state index is -0.209. The number of carbonyl (C=O) groups excluding carboxylic acids is 1. The van der Waals surface area contributed by atoms with Crippen molar-refractivity contribution in [2.24, 2.45) is 0 Å². The van der Waals surface area contributed by atoms with Crippen molar-refractivity contribution in [1.29, 1.82) is 0 Å². The molecule has 4 heteroatoms. The van der Waals surface area contributed by atoms with Gasteiger partial charge in [-0.05, 0) is 24.1 Å². The number of rotatable bonds is 3. The van der Waals surface area contributed by atoms with Gasteiger partial charge in [0.05, 0.1) is 0 Å². The molecule has 76 valence electrons. The number of nitrogens with zero attached hydrogens (tertiary/aromatic N) is 1. The van der Waals surface area contributed by atoms with E-state index >= 15 is 0 Å². The normalized spacial score (nSPS) is 9.93. The minimum absolute atomic E-state index is 0.209. The number of likely N-dealkylation sites (N-methyl/N-ethyl adjacent to an activating group) is 1. The zero-order valence-electron chi connectivity index (χ0n) is 7.90. The Morgan fingerprint density at radius 1 is 1.43 bits per heavy atom. The van der Waals surface area contributed by atoms with Crippen molar-refractivity contribution >= 4 is 29.5 Å². The predicted octanol–water partition coefficient (Wildman–Crippen LogP) is 2.86. The van der Waals surface area contributed by atoms with E-state index < -0.39 is 0 Å². The maximum Gasteiger partial charge on any atom is 0.278 e. The smallest absolute Gasteiger partial charge is 0.278 e. The van der Waals surface area contributed by atoms with Gasteiger partial charge in [0, 0.05) is 18.6 Å². The molecule has 0 atom stereocenters. The van der Waals surface area contributed by atoms with E-state index in [0.717, 1.165) is 17.0 Å². The first-order valence-corrected chi connectivity index (χ1v) is 5.10. The van der Waals surface area contributed by atoms with Crippen molar-refractivity contribution in [2.45, 2.75) is 6.42 Å². The molecule has 0 fully saturated rings. The topological polar surface area (TPSA) is 20.3 Å². The Kier molecular flexibility index (Phi) is 4.29. The van der Waals surface area contributed by atoms with Gasteiger partial charge in [0.1, 0.15) is 0 Å². The SMILES string of the molecule is CN(CCc1ccc(Cl)cc1)C(=O)S. The van der Waals surface area contributed by atoms with Gasteiger partial charge in [-0.2, -0.15) is 0 Å². The summed E-state index contributed by atoms with van der Waals surface area (Å²) in [5.41, 5.74) is 1.16. The predicted molar refractivity (Wildman–Crippen MR) is 62.2 cm³/mol. The third-order valence-electron chi connectivity index (χ3n) is 1.98. The van der Waals surface area contributed by atoms with Gasteiger partial charge >= 0.3 is 0 Å². The van der Waals surface area contributed by atoms with Crippen LogP contribution in [0, 0.1) is 0 Å². The average Bonchev–Trinajstić information content (AvgIpc) is 2.16. The van der Waals surface area contributed by atoms with Crippen molar-refractivity contribution in [2.75, 3.05) is 13.6 Å². The van der Waals surface area contributed by atoms with E-state index in [0.29, 0.717) is 6.54 Å². The van der Waals surface area contributed by atoms with Crippen LogP contribution in [0.1, 0.15) is 5.56 Å². The summed E-state index contributed by atoms with van der Waals surface area (Å²) in [6, 6.07) is 7.61. The number of carbonyl (C=O) groups is 1. The summed E-state index contributed by atoms with van der Waals surface area (Å²) in [5, 5.41) is 0.520. The molecule has 0 aliphatic carbocycles. The van der Waals surface area contributed by atoms with Crippen LogP contribution in [-0.2, 0) is 6.42 Å². The average molecular weight is 230 g/mol. The molecule has 0 unspecified atom stereocenters. The van der Waals surface area contributed by atoms with E-state index in [1.165, 1.54) is 0 Å². The Morgan fingerprint density at radius 2 is 2.00 bits per heavy atom. The fourth-order valence-corrected chi connectivity index (χ4v) is 1.27. The molecule has 0 aliphatic heterocycles. The zero-order valence-corrected chi connectivity index (χ0v) is 9.55. The molecule has 2 nitrogen and oxygen atoms in total. The molecule has 0 saturated carbocycles. The molecule has 14 heavy (non-hydrogen) atoms. The summed E-state index contributed by atoms with van der Waals surface area (Å²) in [5.74, 6) is 0. The summed E-state index contributed by atoms with van der Waals surface area (Å²) < 4.78 is 0. The van der Waals surface area contributed by atoms with Crippen LogP contribution in [0.4, 0.5) is 4.79 Å². The van der Waals surface area contributed by atoms with Crippen molar-refractivity contribution in [3.63, 3.8) is 0 Å². The lowest BCUT2D eigenvalue weighted by molar-refractivity contribution is 0.234. The van der Waals surface area contributed by atoms with Crippen LogP contribution in [0.25, 0.3) is 0 Å². The third-order valence-corrected chi connectivity index (χ3v) is 2.57. The van der Waals surface area contributed by atoms with E-state index in [2.05, 4.69) is 12.6 Å². The highest BCUT2D eigenvalue weighted by Crippen LogP contribution is 2.10. The van der Waals surface area contributed by atoms with Crippen LogP contribution < -0.4 is 0 Å². The third kappa shape index (κ3) is 3.60. The molecular weight excluding hydrogens is 218 g/mol. The number of amides is 1. The Hall–Kier alpha value is -0.670. The van der Waals surface area contributed by atoms with Crippen LogP contribution in [0.15, 0.2) is 24.3 Å². The fourth-order valence-electron chi connectivity index (χ4n) is 1.04. The first-order chi connectivity index (χ1) is 6.59. The van der Waals surface area contributed by atoms with E-state index in [-0.39, 0.29) is 5.24 Å². The molecular formula is C10H12ClNOS. The second kappa shape index (κ2) is 5.27. The van der Waals surface area contributed by atoms with Gasteiger partial charge in [-0.1, -0.05) is 36.4 Å². The maximum atomic E-state index is 10.8. The van der Waals surface area contributed by atoms with Gasteiger partial charge < -0.3 is 4.90 Å². The summed E-state index contributed by atoms with van der Waals surface area (Å²) in [6.07, 6.45) is 0.819. The molecule has 0 aliphatic rings. The number of thiol groups is 1. The molecule has 0 aromatic heterocycles. The quantitative estimate of drug-likeness (QED) is 0.791. The summed E-state index contributed by atoms with van der Waals surface area (Å²) in [6.45, 7) is 0.671. The van der Waals surface area contributed by atoms with E-state index in [9.17, 15) is 4.79 Å². The maximum absolute atomic E-state index is 10.8. The Labute approximate surface area is 94.3 Å². The number of hydrogen-bond donors (Lipinski definition) is 1. The number of benzene rings is 1. The van der Waals surface area contributed by atoms with Gasteiger partial charge in [-0.15, -0.1) is 0 Å². The van der Waals surface area contributed by atoms with Crippen molar-refractivity contribution < 1.29 is 4.79 Å². The van der Waals surface area contributed by atoms with E-state index in [4.69, 9.17) is 11.6 Å². The molecule has 1 aromatic carbocycles. The van der Waals surface area contributed by atoms with Crippen molar-refractivity contribution in [1.82, 2.24) is 4.90 Å². The van der Waals surface area contributed by atoms with Crippen LogP contribution in [0.2, 0.25) is 5.02 Å². The minimum Gasteiger partial charge on any atom is -0.337 e. The van der Waals surface area contributed by atoms with Crippen molar-refractivity contribution in [3.8, 4) is 0 Å². The highest BCUT2D eigenvalue weighted by Gasteiger charge is 2.02. The summed E-state index contributed by atoms with van der Waals surface area (Å²) in [4.78, 5) is 12.4. The van der Waals surface area contributed by atoms with Crippen LogP contribution in [-0.4, -0.2) is 23.7 Å². The van der Waals surface area contributed by atoms with Gasteiger partial charge in [0.15, 0.2) is 0 Å². The standard InChI is InChI=1S/C10H12ClNOS/c1-12(10(13)14)7-6-8-2-4-9(11)5-3-8/h2-5H,6-7H2,1H3,(H,13,14). The highest BCUT2D eigenvalue weighted by atomic mass is 35.5. The Balaban J connectivity index is 2.46. The Morgan fingerprint density at radius 3 is 2.50 bits per heavy atom. The molecule has 0 bridgehead atoms. The van der Waals surface area contributed by atoms with Crippen molar-refractivity contribution in [3.05, 3.63) is 34.9 Å². The molecule has 0 spiro atoms. The van der Waals surface area contributed by atoms with Gasteiger partial charge in [0.2, 0.25) is 0 Å². The van der Waals surface area contributed by atoms with Crippen LogP contribution >= 0.6 is 24.2 Å². The first-order valence-electron chi connectivity index (χ1n) is 4.28. The zero-order chi connectivity index (χ0) is 10.6. The van der Waals surface area contributed by atoms with Crippen LogP contribution in [0.5, 0.6) is 0 Å². The molecule has 0 N–H and O–H groups in total. The van der Waals surface area contributed by atoms with Gasteiger partial charge in [0.25, 0.3) is 5.24 Å². The largest absolute Gasteiger partial charge is 0.337 e. The lowest BCUT2D eigenvalue weighted by Gasteiger charge is -2.13. The van der Waals surface area contributed by atoms with E-state index in [1.54, 1.807) is 11.9 Å². The molecule has 1 amide bonds. The van der Waals surface area contributed by atoms with Gasteiger partial charge in [-0.3, -0.25) is 4.79 Å². The Bertz CT molecular complexity index is 312. The van der Waals surface area contributed by atoms with Gasteiger partial charge in [-0.25, -0.2) is 0 Å². The summed E-state index contributed by atoms with van der Waals surface area (Å²) >= 11 is 9.47. The summed E-state index contributed by atoms with van der Waals surface area (Å²) in [7, 11) is 1.73. The number of hydrogen-bond acceptors (Lipinski definition) is 1. The van der Waals surface area contributed by atoms with Crippen LogP contribution in [0.3, 0.4) is 0 Å². The molecule has 1 rings (SSSR count). The van der Waals surface area contributed by atoms with E-state index in [1.807, 2.05) is 24.3 Å². The monoisotopic (exact) mass is 229 g/mol. The molecule has 0 heterocycles. The first kappa shape index (κ1) is 11.4. The molecule has 1 aromatic rings. The second-order valence-corrected chi connectivity index (χ2v) is 3.90. The lowest BCUT2D eigenvalue weighted by atomic mass is 10.1. The second-order valence-electron chi connectivity index (χ2n) is 3.08. The molecule has 0 saturated heterocycles. The fraction of sp³-hybridized carbons (Fsp3) is 0.300.